The molecule has 0 unspecified atom stereocenters. The maximum absolute atomic E-state index is 11.8. The van der Waals surface area contributed by atoms with Crippen molar-refractivity contribution in [2.24, 2.45) is 11.8 Å². The van der Waals surface area contributed by atoms with E-state index in [4.69, 9.17) is 0 Å². The molecule has 0 amide bonds. The molecule has 2 atom stereocenters. The van der Waals surface area contributed by atoms with Gasteiger partial charge in [-0.25, -0.2) is 0 Å². The van der Waals surface area contributed by atoms with Gasteiger partial charge in [-0.15, -0.1) is 0 Å². The summed E-state index contributed by atoms with van der Waals surface area (Å²) in [6.07, 6.45) is 14.5. The van der Waals surface area contributed by atoms with E-state index in [0.717, 1.165) is 22.6 Å². The molecule has 6 rings (SSSR count). The number of hydrogen-bond donors (Lipinski definition) is 2. The Morgan fingerprint density at radius 1 is 0.568 bits per heavy atom. The molecule has 6 N–H and O–H groups in total. The number of fused-ring (bicyclic) bond motifs is 2. The van der Waals surface area contributed by atoms with Crippen molar-refractivity contribution >= 4 is 33.5 Å². The first-order chi connectivity index (χ1) is 21.2. The summed E-state index contributed by atoms with van der Waals surface area (Å²) in [5.74, 6) is -0.830. The number of carbonyl (C=O) groups excluding carboxylic acids is 2. The molecule has 0 aromatic heterocycles. The highest BCUT2D eigenvalue weighted by Gasteiger charge is 2.20. The van der Waals surface area contributed by atoms with Gasteiger partial charge in [0.05, 0.1) is 24.0 Å². The van der Waals surface area contributed by atoms with Crippen LogP contribution >= 0.6 is 0 Å². The fourth-order valence-corrected chi connectivity index (χ4v) is 6.83. The second kappa shape index (κ2) is 15.8. The van der Waals surface area contributed by atoms with E-state index < -0.39 is 11.9 Å². The van der Waals surface area contributed by atoms with Crippen LogP contribution < -0.4 is 21.7 Å². The highest BCUT2D eigenvalue weighted by atomic mass is 16.4. The molecule has 4 aromatic rings. The largest absolute Gasteiger partial charge is 0.545 e. The van der Waals surface area contributed by atoms with Crippen molar-refractivity contribution in [3.8, 4) is 11.1 Å². The van der Waals surface area contributed by atoms with Crippen LogP contribution in [0.15, 0.2) is 72.8 Å². The van der Waals surface area contributed by atoms with Crippen molar-refractivity contribution < 1.29 is 31.3 Å². The first-order valence-corrected chi connectivity index (χ1v) is 16.3. The maximum Gasteiger partial charge on any atom is 0.0843 e. The first-order valence-electron chi connectivity index (χ1n) is 16.3. The summed E-state index contributed by atoms with van der Waals surface area (Å²) < 4.78 is 0. The predicted octanol–water partition coefficient (Wildman–Crippen LogP) is 4.78. The summed E-state index contributed by atoms with van der Waals surface area (Å²) in [4.78, 5) is 23.6. The summed E-state index contributed by atoms with van der Waals surface area (Å²) in [6.45, 7) is 4.49. The van der Waals surface area contributed by atoms with Gasteiger partial charge >= 0.3 is 0 Å². The normalized spacial score (nSPS) is 17.1. The van der Waals surface area contributed by atoms with Crippen LogP contribution in [0.2, 0.25) is 0 Å². The lowest BCUT2D eigenvalue weighted by molar-refractivity contribution is -0.429. The quantitative estimate of drug-likeness (QED) is 0.343. The number of hydrogen-bond acceptors (Lipinski definition) is 4. The SMILES string of the molecule is C[C@@H]([NH3+])C1CCCCC1.C[C@@H]([NH3+])C1CCCCC1.O=C([O-])c1ccc2ccccc2c1-c1c(C(=O)[O-])ccc2ccccc12. The molecule has 0 bridgehead atoms. The van der Waals surface area contributed by atoms with Gasteiger partial charge in [-0.05, 0) is 72.2 Å². The van der Waals surface area contributed by atoms with E-state index in [0.29, 0.717) is 34.0 Å². The van der Waals surface area contributed by atoms with E-state index in [2.05, 4.69) is 25.3 Å². The van der Waals surface area contributed by atoms with E-state index in [9.17, 15) is 19.8 Å². The summed E-state index contributed by atoms with van der Waals surface area (Å²) >= 11 is 0. The van der Waals surface area contributed by atoms with Gasteiger partial charge in [-0.1, -0.05) is 111 Å². The van der Waals surface area contributed by atoms with E-state index in [1.165, 1.54) is 76.3 Å². The Bertz CT molecular complexity index is 1430. The lowest BCUT2D eigenvalue weighted by Crippen LogP contribution is -2.62. The van der Waals surface area contributed by atoms with Gasteiger partial charge in [0.15, 0.2) is 0 Å². The molecule has 2 aliphatic rings. The fraction of sp³-hybridized carbons (Fsp3) is 0.421. The summed E-state index contributed by atoms with van der Waals surface area (Å²) in [6, 6.07) is 22.2. The van der Waals surface area contributed by atoms with Gasteiger partial charge in [-0.3, -0.25) is 0 Å². The van der Waals surface area contributed by atoms with Gasteiger partial charge in [0, 0.05) is 23.0 Å². The Hall–Kier alpha value is -3.74. The molecule has 234 valence electrons. The molecule has 0 spiro atoms. The third kappa shape index (κ3) is 8.25. The minimum absolute atomic E-state index is 0.0532. The Morgan fingerprint density at radius 3 is 1.20 bits per heavy atom. The van der Waals surface area contributed by atoms with E-state index in [1.807, 2.05) is 24.3 Å². The molecule has 0 aliphatic heterocycles. The van der Waals surface area contributed by atoms with Crippen LogP contribution in [0, 0.1) is 11.8 Å². The molecule has 2 fully saturated rings. The number of rotatable bonds is 5. The van der Waals surface area contributed by atoms with E-state index in [-0.39, 0.29) is 11.1 Å². The summed E-state index contributed by atoms with van der Waals surface area (Å²) in [5.41, 5.74) is 8.68. The molecule has 6 nitrogen and oxygen atoms in total. The van der Waals surface area contributed by atoms with Crippen LogP contribution in [0.25, 0.3) is 32.7 Å². The zero-order valence-corrected chi connectivity index (χ0v) is 26.4. The fourth-order valence-electron chi connectivity index (χ4n) is 6.83. The van der Waals surface area contributed by atoms with Crippen LogP contribution in [0.3, 0.4) is 0 Å². The second-order valence-corrected chi connectivity index (χ2v) is 12.7. The summed E-state index contributed by atoms with van der Waals surface area (Å²) in [7, 11) is 0. The molecule has 6 heteroatoms. The minimum atomic E-state index is -1.36. The van der Waals surface area contributed by atoms with E-state index >= 15 is 0 Å². The van der Waals surface area contributed by atoms with Crippen LogP contribution in [0.4, 0.5) is 0 Å². The molecule has 0 radical (unpaired) electrons. The Kier molecular flexibility index (Phi) is 11.9. The number of carboxylic acid groups (broad SMARTS) is 2. The molecular weight excluding hydrogens is 548 g/mol. The van der Waals surface area contributed by atoms with Crippen LogP contribution in [-0.4, -0.2) is 24.0 Å². The van der Waals surface area contributed by atoms with Gasteiger partial charge in [0.1, 0.15) is 0 Å². The van der Waals surface area contributed by atoms with Crippen LogP contribution in [0.5, 0.6) is 0 Å². The Balaban J connectivity index is 0.000000200. The van der Waals surface area contributed by atoms with Crippen molar-refractivity contribution in [1.29, 1.82) is 0 Å². The van der Waals surface area contributed by atoms with Gasteiger partial charge in [0.2, 0.25) is 0 Å². The molecule has 44 heavy (non-hydrogen) atoms. The van der Waals surface area contributed by atoms with Crippen molar-refractivity contribution in [1.82, 2.24) is 0 Å². The molecule has 0 heterocycles. The van der Waals surface area contributed by atoms with Gasteiger partial charge in [0.25, 0.3) is 0 Å². The highest BCUT2D eigenvalue weighted by molar-refractivity contribution is 6.16. The Labute approximate surface area is 261 Å². The van der Waals surface area contributed by atoms with E-state index in [1.54, 1.807) is 36.4 Å². The number of carboxylic acids is 2. The van der Waals surface area contributed by atoms with Crippen LogP contribution in [-0.2, 0) is 0 Å². The molecule has 0 saturated heterocycles. The first kappa shape index (κ1) is 33.2. The minimum Gasteiger partial charge on any atom is -0.545 e. The van der Waals surface area contributed by atoms with Gasteiger partial charge in [-0.2, -0.15) is 0 Å². The number of quaternary nitrogens is 2. The number of carbonyl (C=O) groups is 2. The monoisotopic (exact) mass is 596 g/mol. The van der Waals surface area contributed by atoms with Gasteiger partial charge < -0.3 is 31.3 Å². The maximum atomic E-state index is 11.8. The summed E-state index contributed by atoms with van der Waals surface area (Å²) in [5, 5.41) is 26.5. The van der Waals surface area contributed by atoms with Crippen molar-refractivity contribution in [3.05, 3.63) is 83.9 Å². The third-order valence-corrected chi connectivity index (χ3v) is 9.46. The molecular formula is C38H48N2O4. The standard InChI is InChI=1S/C22H14O4.2C8H17N/c23-21(24)17-11-9-13-5-1-3-7-15(13)19(17)20-16-8-4-2-6-14(16)10-12-18(20)22(25)26;2*1-7(9)8-5-3-2-4-6-8/h1-12H,(H,23,24)(H,25,26);2*7-8H,2-6,9H2,1H3/t;2*7-/m.11/s1. The molecule has 4 aromatic carbocycles. The predicted molar refractivity (Wildman–Crippen MR) is 173 cm³/mol. The Morgan fingerprint density at radius 2 is 0.909 bits per heavy atom. The second-order valence-electron chi connectivity index (χ2n) is 12.7. The third-order valence-electron chi connectivity index (χ3n) is 9.46. The topological polar surface area (TPSA) is 136 Å². The van der Waals surface area contributed by atoms with Crippen molar-refractivity contribution in [2.45, 2.75) is 90.1 Å². The smallest absolute Gasteiger partial charge is 0.0843 e. The molecule has 2 saturated carbocycles. The van der Waals surface area contributed by atoms with Crippen molar-refractivity contribution in [3.63, 3.8) is 0 Å². The average molecular weight is 597 g/mol. The number of benzene rings is 4. The lowest BCUT2D eigenvalue weighted by atomic mass is 9.85. The number of aromatic carboxylic acids is 2. The lowest BCUT2D eigenvalue weighted by Gasteiger charge is -2.22. The highest BCUT2D eigenvalue weighted by Crippen LogP contribution is 2.39. The van der Waals surface area contributed by atoms with Crippen LogP contribution in [0.1, 0.15) is 98.8 Å². The zero-order chi connectivity index (χ0) is 31.6. The molecule has 2 aliphatic carbocycles. The van der Waals surface area contributed by atoms with Crippen molar-refractivity contribution in [2.75, 3.05) is 0 Å². The average Bonchev–Trinajstić information content (AvgIpc) is 3.05. The zero-order valence-electron chi connectivity index (χ0n) is 26.4.